The van der Waals surface area contributed by atoms with Gasteiger partial charge < -0.3 is 4.40 Å². The van der Waals surface area contributed by atoms with Crippen LogP contribution in [0.2, 0.25) is 0 Å². The Morgan fingerprint density at radius 2 is 1.95 bits per heavy atom. The average Bonchev–Trinajstić information content (AvgIpc) is 2.76. The van der Waals surface area contributed by atoms with Crippen molar-refractivity contribution < 1.29 is 0 Å². The summed E-state index contributed by atoms with van der Waals surface area (Å²) in [5.41, 5.74) is 2.23. The van der Waals surface area contributed by atoms with Crippen LogP contribution in [0.25, 0.3) is 5.65 Å². The van der Waals surface area contributed by atoms with Crippen molar-refractivity contribution in [3.63, 3.8) is 0 Å². The third kappa shape index (κ3) is 3.00. The molecule has 0 amide bonds. The average molecular weight is 324 g/mol. The molecule has 0 aromatic carbocycles. The summed E-state index contributed by atoms with van der Waals surface area (Å²) in [6, 6.07) is 7.51. The zero-order chi connectivity index (χ0) is 12.5. The van der Waals surface area contributed by atoms with Crippen molar-refractivity contribution in [3.05, 3.63) is 36.3 Å². The van der Waals surface area contributed by atoms with Crippen LogP contribution in [0, 0.1) is 0 Å². The number of piperidine rings is 1. The Labute approximate surface area is 125 Å². The molecule has 0 N–H and O–H groups in total. The number of hydrogen-bond acceptors (Lipinski definition) is 2. The standard InChI is InChI=1S/C15H21N3.BrH/c1-12-6-5-7-13(2)18(12)11-14-10-17-9-4-3-8-15(17)16-14;/h3-4,8-10,12-13H,5-7,11H2,1-2H3;1H. The van der Waals surface area contributed by atoms with Gasteiger partial charge >= 0.3 is 0 Å². The maximum Gasteiger partial charge on any atom is 0.137 e. The fraction of sp³-hybridized carbons (Fsp3) is 0.533. The van der Waals surface area contributed by atoms with Gasteiger partial charge in [0.05, 0.1) is 5.69 Å². The minimum absolute atomic E-state index is 0. The molecule has 104 valence electrons. The van der Waals surface area contributed by atoms with E-state index in [2.05, 4.69) is 41.6 Å². The fourth-order valence-electron chi connectivity index (χ4n) is 3.04. The molecule has 2 atom stereocenters. The minimum Gasteiger partial charge on any atom is -0.307 e. The lowest BCUT2D eigenvalue weighted by Gasteiger charge is -2.38. The zero-order valence-corrected chi connectivity index (χ0v) is 13.3. The molecule has 3 heterocycles. The highest BCUT2D eigenvalue weighted by Crippen LogP contribution is 2.24. The highest BCUT2D eigenvalue weighted by molar-refractivity contribution is 8.93. The maximum atomic E-state index is 4.70. The molecule has 1 aliphatic rings. The number of nitrogens with zero attached hydrogens (tertiary/aromatic N) is 3. The van der Waals surface area contributed by atoms with Crippen molar-refractivity contribution in [2.75, 3.05) is 0 Å². The first-order valence-electron chi connectivity index (χ1n) is 6.92. The van der Waals surface area contributed by atoms with E-state index in [1.807, 2.05) is 12.1 Å². The lowest BCUT2D eigenvalue weighted by molar-refractivity contribution is 0.0940. The second kappa shape index (κ2) is 6.06. The highest BCUT2D eigenvalue weighted by Gasteiger charge is 2.25. The lowest BCUT2D eigenvalue weighted by Crippen LogP contribution is -2.43. The van der Waals surface area contributed by atoms with E-state index in [4.69, 9.17) is 4.98 Å². The molecule has 3 nitrogen and oxygen atoms in total. The summed E-state index contributed by atoms with van der Waals surface area (Å²) in [6.07, 6.45) is 8.22. The summed E-state index contributed by atoms with van der Waals surface area (Å²) in [5.74, 6) is 0. The lowest BCUT2D eigenvalue weighted by atomic mass is 9.97. The van der Waals surface area contributed by atoms with Crippen molar-refractivity contribution in [2.45, 2.75) is 51.7 Å². The van der Waals surface area contributed by atoms with Crippen LogP contribution in [-0.4, -0.2) is 26.4 Å². The number of pyridine rings is 1. The first-order valence-corrected chi connectivity index (χ1v) is 6.92. The SMILES string of the molecule is Br.CC1CCCC(C)N1Cc1cn2ccccc2n1. The van der Waals surface area contributed by atoms with Crippen molar-refractivity contribution in [1.29, 1.82) is 0 Å². The first-order chi connectivity index (χ1) is 8.74. The van der Waals surface area contributed by atoms with E-state index in [1.165, 1.54) is 25.0 Å². The van der Waals surface area contributed by atoms with Crippen LogP contribution >= 0.6 is 17.0 Å². The monoisotopic (exact) mass is 323 g/mol. The Kier molecular flexibility index (Phi) is 4.63. The van der Waals surface area contributed by atoms with Gasteiger partial charge in [-0.15, -0.1) is 17.0 Å². The number of halogens is 1. The quantitative estimate of drug-likeness (QED) is 0.840. The van der Waals surface area contributed by atoms with Gasteiger partial charge in [0.25, 0.3) is 0 Å². The molecular formula is C15H22BrN3. The summed E-state index contributed by atoms with van der Waals surface area (Å²) >= 11 is 0. The van der Waals surface area contributed by atoms with E-state index >= 15 is 0 Å². The molecule has 0 bridgehead atoms. The van der Waals surface area contributed by atoms with Gasteiger partial charge in [0.15, 0.2) is 0 Å². The number of fused-ring (bicyclic) bond motifs is 1. The van der Waals surface area contributed by atoms with Crippen LogP contribution in [-0.2, 0) is 6.54 Å². The van der Waals surface area contributed by atoms with Gasteiger partial charge in [-0.1, -0.05) is 12.5 Å². The largest absolute Gasteiger partial charge is 0.307 e. The Balaban J connectivity index is 0.00000133. The Morgan fingerprint density at radius 3 is 2.63 bits per heavy atom. The molecule has 0 saturated carbocycles. The van der Waals surface area contributed by atoms with Crippen molar-refractivity contribution in [3.8, 4) is 0 Å². The van der Waals surface area contributed by atoms with Crippen molar-refractivity contribution in [2.24, 2.45) is 0 Å². The Bertz CT molecular complexity index is 494. The smallest absolute Gasteiger partial charge is 0.137 e. The maximum absolute atomic E-state index is 4.70. The van der Waals surface area contributed by atoms with Crippen LogP contribution in [0.15, 0.2) is 30.6 Å². The van der Waals surface area contributed by atoms with Crippen molar-refractivity contribution >= 4 is 22.6 Å². The number of rotatable bonds is 2. The second-order valence-corrected chi connectivity index (χ2v) is 5.50. The summed E-state index contributed by atoms with van der Waals surface area (Å²) in [6.45, 7) is 5.65. The number of imidazole rings is 1. The number of likely N-dealkylation sites (tertiary alicyclic amines) is 1. The van der Waals surface area contributed by atoms with Gasteiger partial charge in [-0.05, 0) is 38.8 Å². The summed E-state index contributed by atoms with van der Waals surface area (Å²) in [5, 5.41) is 0. The molecule has 1 saturated heterocycles. The molecule has 0 radical (unpaired) electrons. The van der Waals surface area contributed by atoms with E-state index in [0.717, 1.165) is 12.2 Å². The summed E-state index contributed by atoms with van der Waals surface area (Å²) in [7, 11) is 0. The molecule has 1 aliphatic heterocycles. The molecule has 19 heavy (non-hydrogen) atoms. The van der Waals surface area contributed by atoms with Gasteiger partial charge in [0.1, 0.15) is 5.65 Å². The molecule has 0 aliphatic carbocycles. The predicted molar refractivity (Wildman–Crippen MR) is 83.8 cm³/mol. The van der Waals surface area contributed by atoms with E-state index in [-0.39, 0.29) is 17.0 Å². The van der Waals surface area contributed by atoms with Gasteiger partial charge in [0, 0.05) is 31.0 Å². The Hall–Kier alpha value is -0.870. The third-order valence-corrected chi connectivity index (χ3v) is 4.13. The molecular weight excluding hydrogens is 302 g/mol. The van der Waals surface area contributed by atoms with Crippen LogP contribution in [0.5, 0.6) is 0 Å². The van der Waals surface area contributed by atoms with Crippen LogP contribution in [0.3, 0.4) is 0 Å². The molecule has 3 rings (SSSR count). The van der Waals surface area contributed by atoms with Crippen LogP contribution < -0.4 is 0 Å². The number of hydrogen-bond donors (Lipinski definition) is 0. The van der Waals surface area contributed by atoms with Gasteiger partial charge in [-0.3, -0.25) is 4.90 Å². The van der Waals surface area contributed by atoms with Crippen molar-refractivity contribution in [1.82, 2.24) is 14.3 Å². The normalized spacial score (nSPS) is 24.3. The van der Waals surface area contributed by atoms with Gasteiger partial charge in [-0.25, -0.2) is 4.98 Å². The van der Waals surface area contributed by atoms with Gasteiger partial charge in [-0.2, -0.15) is 0 Å². The van der Waals surface area contributed by atoms with E-state index in [0.29, 0.717) is 12.1 Å². The Morgan fingerprint density at radius 1 is 1.21 bits per heavy atom. The predicted octanol–water partition coefficient (Wildman–Crippen LogP) is 3.68. The topological polar surface area (TPSA) is 20.5 Å². The molecule has 2 unspecified atom stereocenters. The minimum atomic E-state index is 0. The molecule has 0 spiro atoms. The summed E-state index contributed by atoms with van der Waals surface area (Å²) in [4.78, 5) is 7.29. The zero-order valence-electron chi connectivity index (χ0n) is 11.6. The van der Waals surface area contributed by atoms with E-state index in [9.17, 15) is 0 Å². The first kappa shape index (κ1) is 14.5. The van der Waals surface area contributed by atoms with Gasteiger partial charge in [0.2, 0.25) is 0 Å². The van der Waals surface area contributed by atoms with Crippen LogP contribution in [0.4, 0.5) is 0 Å². The van der Waals surface area contributed by atoms with E-state index < -0.39 is 0 Å². The highest BCUT2D eigenvalue weighted by atomic mass is 79.9. The van der Waals surface area contributed by atoms with E-state index in [1.54, 1.807) is 0 Å². The van der Waals surface area contributed by atoms with Crippen LogP contribution in [0.1, 0.15) is 38.8 Å². The summed E-state index contributed by atoms with van der Waals surface area (Å²) < 4.78 is 2.11. The molecule has 1 fully saturated rings. The molecule has 2 aromatic heterocycles. The molecule has 4 heteroatoms. The number of aromatic nitrogens is 2. The second-order valence-electron chi connectivity index (χ2n) is 5.50. The third-order valence-electron chi connectivity index (χ3n) is 4.13. The fourth-order valence-corrected chi connectivity index (χ4v) is 3.04. The molecule has 2 aromatic rings.